The lowest BCUT2D eigenvalue weighted by Gasteiger charge is -1.97. The van der Waals surface area contributed by atoms with Crippen molar-refractivity contribution in [2.45, 2.75) is 12.1 Å². The summed E-state index contributed by atoms with van der Waals surface area (Å²) in [6.45, 7) is 0. The minimum absolute atomic E-state index is 0.0452. The topological polar surface area (TPSA) is 62.1 Å². The van der Waals surface area contributed by atoms with Crippen LogP contribution in [-0.4, -0.2) is 12.0 Å². The van der Waals surface area contributed by atoms with E-state index in [1.165, 1.54) is 0 Å². The van der Waals surface area contributed by atoms with E-state index in [2.05, 4.69) is 5.32 Å². The highest BCUT2D eigenvalue weighted by molar-refractivity contribution is 5.76. The third kappa shape index (κ3) is 1.19. The Labute approximate surface area is 70.0 Å². The highest BCUT2D eigenvalue weighted by Crippen LogP contribution is 2.28. The van der Waals surface area contributed by atoms with Crippen molar-refractivity contribution in [3.63, 3.8) is 0 Å². The number of carbonyl (C=O) groups is 1. The summed E-state index contributed by atoms with van der Waals surface area (Å²) in [5, 5.41) is 13.2. The van der Waals surface area contributed by atoms with E-state index in [1.54, 1.807) is 0 Å². The smallest absolute Gasteiger partial charge is 0.0671 e. The molecule has 0 unspecified atom stereocenters. The zero-order chi connectivity index (χ0) is 8.55. The number of benzene rings is 1. The fraction of sp³-hybridized carbons (Fsp3) is 0.222. The van der Waals surface area contributed by atoms with Crippen molar-refractivity contribution in [1.82, 2.24) is 5.32 Å². The first-order valence-electron chi connectivity index (χ1n) is 3.81. The van der Waals surface area contributed by atoms with Crippen molar-refractivity contribution in [2.24, 2.45) is 0 Å². The quantitative estimate of drug-likeness (QED) is 0.593. The van der Waals surface area contributed by atoms with Crippen LogP contribution < -0.4 is 10.4 Å². The maximum absolute atomic E-state index is 10.4. The molecule has 0 saturated carbocycles. The van der Waals surface area contributed by atoms with Crippen molar-refractivity contribution < 1.29 is 9.90 Å². The van der Waals surface area contributed by atoms with Crippen LogP contribution in [0, 0.1) is 0 Å². The molecular formula is C9H8NO2-. The summed E-state index contributed by atoms with van der Waals surface area (Å²) in [7, 11) is 0. The molecule has 3 nitrogen and oxygen atoms in total. The Balaban J connectivity index is 2.11. The molecular weight excluding hydrogens is 154 g/mol. The predicted octanol–water partition coefficient (Wildman–Crippen LogP) is -0.551. The summed E-state index contributed by atoms with van der Waals surface area (Å²) in [6, 6.07) is 8.95. The third-order valence-electron chi connectivity index (χ3n) is 2.00. The van der Waals surface area contributed by atoms with Crippen LogP contribution in [0.5, 0.6) is 0 Å². The number of carbonyl (C=O) groups excluding carboxylic acids is 1. The Morgan fingerprint density at radius 2 is 2.00 bits per heavy atom. The van der Waals surface area contributed by atoms with Crippen LogP contribution >= 0.6 is 0 Å². The van der Waals surface area contributed by atoms with Gasteiger partial charge in [-0.1, -0.05) is 30.3 Å². The van der Waals surface area contributed by atoms with Gasteiger partial charge < -0.3 is 9.90 Å². The molecule has 1 aromatic rings. The molecule has 3 heteroatoms. The van der Waals surface area contributed by atoms with Crippen LogP contribution in [-0.2, 0) is 4.79 Å². The molecule has 0 aromatic heterocycles. The Kier molecular flexibility index (Phi) is 1.59. The Bertz CT molecular complexity index is 297. The third-order valence-corrected chi connectivity index (χ3v) is 2.00. The number of nitrogens with one attached hydrogen (secondary N) is 1. The molecule has 2 rings (SSSR count). The second kappa shape index (κ2) is 2.60. The van der Waals surface area contributed by atoms with E-state index in [9.17, 15) is 9.90 Å². The van der Waals surface area contributed by atoms with Crippen LogP contribution in [0.3, 0.4) is 0 Å². The lowest BCUT2D eigenvalue weighted by Crippen LogP contribution is -2.29. The predicted molar refractivity (Wildman–Crippen MR) is 41.1 cm³/mol. The maximum atomic E-state index is 10.4. The number of carboxylic acid groups (broad SMARTS) is 1. The molecule has 2 atom stereocenters. The van der Waals surface area contributed by atoms with Gasteiger partial charge in [-0.3, -0.25) is 5.32 Å². The van der Waals surface area contributed by atoms with E-state index in [0.29, 0.717) is 0 Å². The first-order chi connectivity index (χ1) is 5.79. The number of hydrogen-bond donors (Lipinski definition) is 1. The molecule has 1 fully saturated rings. The molecule has 0 amide bonds. The minimum atomic E-state index is -1.02. The lowest BCUT2D eigenvalue weighted by molar-refractivity contribution is -0.305. The van der Waals surface area contributed by atoms with E-state index in [1.807, 2.05) is 30.3 Å². The van der Waals surface area contributed by atoms with Gasteiger partial charge in [0.05, 0.1) is 18.1 Å². The van der Waals surface area contributed by atoms with Crippen molar-refractivity contribution >= 4 is 5.97 Å². The summed E-state index contributed by atoms with van der Waals surface area (Å²) < 4.78 is 0. The highest BCUT2D eigenvalue weighted by atomic mass is 16.4. The number of hydrogen-bond acceptors (Lipinski definition) is 3. The second-order valence-electron chi connectivity index (χ2n) is 2.85. The molecule has 1 N–H and O–H groups in total. The zero-order valence-corrected chi connectivity index (χ0v) is 6.36. The van der Waals surface area contributed by atoms with Crippen molar-refractivity contribution in [1.29, 1.82) is 0 Å². The van der Waals surface area contributed by atoms with Gasteiger partial charge in [0.15, 0.2) is 0 Å². The fourth-order valence-corrected chi connectivity index (χ4v) is 1.29. The van der Waals surface area contributed by atoms with Gasteiger partial charge in [0.1, 0.15) is 0 Å². The molecule has 0 aliphatic carbocycles. The number of carboxylic acids is 1. The molecule has 0 bridgehead atoms. The van der Waals surface area contributed by atoms with E-state index in [0.717, 1.165) is 5.56 Å². The maximum Gasteiger partial charge on any atom is 0.0671 e. The van der Waals surface area contributed by atoms with E-state index < -0.39 is 12.0 Å². The van der Waals surface area contributed by atoms with Gasteiger partial charge in [-0.05, 0) is 5.56 Å². The lowest BCUT2D eigenvalue weighted by atomic mass is 10.1. The van der Waals surface area contributed by atoms with Gasteiger partial charge >= 0.3 is 0 Å². The van der Waals surface area contributed by atoms with Crippen LogP contribution in [0.2, 0.25) is 0 Å². The standard InChI is InChI=1S/C9H9NO2/c11-9(12)8-7(10-8)6-4-2-1-3-5-6/h1-5,7-8,10H,(H,11,12)/p-1/t7-,8-/m0/s1. The molecule has 0 spiro atoms. The van der Waals surface area contributed by atoms with Crippen LogP contribution in [0.15, 0.2) is 30.3 Å². The first kappa shape index (κ1) is 7.31. The van der Waals surface area contributed by atoms with Crippen molar-refractivity contribution in [3.05, 3.63) is 35.9 Å². The summed E-state index contributed by atoms with van der Waals surface area (Å²) in [4.78, 5) is 10.4. The van der Waals surface area contributed by atoms with Crippen LogP contribution in [0.25, 0.3) is 0 Å². The molecule has 12 heavy (non-hydrogen) atoms. The van der Waals surface area contributed by atoms with Crippen LogP contribution in [0.4, 0.5) is 0 Å². The fourth-order valence-electron chi connectivity index (χ4n) is 1.29. The summed E-state index contributed by atoms with van der Waals surface area (Å²) in [6.07, 6.45) is 0. The van der Waals surface area contributed by atoms with Gasteiger partial charge in [0.25, 0.3) is 0 Å². The minimum Gasteiger partial charge on any atom is -0.548 e. The van der Waals surface area contributed by atoms with E-state index in [-0.39, 0.29) is 6.04 Å². The monoisotopic (exact) mass is 162 g/mol. The SMILES string of the molecule is O=C([O-])[C@H]1N[C@H]1c1ccccc1. The first-order valence-corrected chi connectivity index (χ1v) is 3.81. The molecule has 0 radical (unpaired) electrons. The Hall–Kier alpha value is -1.35. The summed E-state index contributed by atoms with van der Waals surface area (Å²) >= 11 is 0. The molecule has 62 valence electrons. The van der Waals surface area contributed by atoms with Gasteiger partial charge in [-0.2, -0.15) is 0 Å². The molecule has 1 aliphatic heterocycles. The van der Waals surface area contributed by atoms with Gasteiger partial charge in [0, 0.05) is 0 Å². The Morgan fingerprint density at radius 1 is 1.33 bits per heavy atom. The highest BCUT2D eigenvalue weighted by Gasteiger charge is 2.38. The average molecular weight is 162 g/mol. The molecule has 1 saturated heterocycles. The van der Waals surface area contributed by atoms with Crippen LogP contribution in [0.1, 0.15) is 11.6 Å². The van der Waals surface area contributed by atoms with Gasteiger partial charge in [0.2, 0.25) is 0 Å². The second-order valence-corrected chi connectivity index (χ2v) is 2.85. The number of rotatable bonds is 2. The van der Waals surface area contributed by atoms with Gasteiger partial charge in [-0.25, -0.2) is 0 Å². The normalized spacial score (nSPS) is 26.7. The zero-order valence-electron chi connectivity index (χ0n) is 6.36. The molecule has 1 heterocycles. The van der Waals surface area contributed by atoms with Gasteiger partial charge in [-0.15, -0.1) is 0 Å². The van der Waals surface area contributed by atoms with E-state index in [4.69, 9.17) is 0 Å². The largest absolute Gasteiger partial charge is 0.548 e. The van der Waals surface area contributed by atoms with E-state index >= 15 is 0 Å². The summed E-state index contributed by atoms with van der Waals surface area (Å²) in [5.41, 5.74) is 1.01. The number of aliphatic carboxylic acids is 1. The summed E-state index contributed by atoms with van der Waals surface area (Å²) in [5.74, 6) is -1.02. The Morgan fingerprint density at radius 3 is 2.50 bits per heavy atom. The molecule has 1 aromatic carbocycles. The van der Waals surface area contributed by atoms with Crippen molar-refractivity contribution in [3.8, 4) is 0 Å². The molecule has 1 aliphatic rings. The van der Waals surface area contributed by atoms with Crippen molar-refractivity contribution in [2.75, 3.05) is 0 Å². The average Bonchev–Trinajstić information content (AvgIpc) is 2.84.